The highest BCUT2D eigenvalue weighted by atomic mass is 32.1. The molecule has 32 heavy (non-hydrogen) atoms. The van der Waals surface area contributed by atoms with Gasteiger partial charge in [-0.3, -0.25) is 9.69 Å². The first kappa shape index (κ1) is 21.1. The fraction of sp³-hybridized carbons (Fsp3) is 0.280. The van der Waals surface area contributed by atoms with E-state index in [0.717, 1.165) is 55.5 Å². The lowest BCUT2D eigenvalue weighted by atomic mass is 10.1. The number of amides is 1. The molecule has 7 heteroatoms. The van der Waals surface area contributed by atoms with Crippen molar-refractivity contribution in [3.05, 3.63) is 76.5 Å². The summed E-state index contributed by atoms with van der Waals surface area (Å²) in [7, 11) is 0. The Morgan fingerprint density at radius 1 is 0.969 bits per heavy atom. The number of nitrogens with one attached hydrogen (secondary N) is 1. The van der Waals surface area contributed by atoms with Crippen molar-refractivity contribution in [2.24, 2.45) is 0 Å². The molecule has 0 atom stereocenters. The molecule has 0 spiro atoms. The Morgan fingerprint density at radius 2 is 1.78 bits per heavy atom. The monoisotopic (exact) mass is 462 g/mol. The van der Waals surface area contributed by atoms with Gasteiger partial charge < -0.3 is 10.2 Å². The number of aromatic nitrogens is 1. The molecule has 1 saturated heterocycles. The summed E-state index contributed by atoms with van der Waals surface area (Å²) < 4.78 is 5.97. The molecule has 5 rings (SSSR count). The maximum atomic E-state index is 12.2. The molecule has 1 aliphatic rings. The fourth-order valence-corrected chi connectivity index (χ4v) is 5.60. The number of hydrogen-bond acceptors (Lipinski definition) is 6. The van der Waals surface area contributed by atoms with Crippen LogP contribution in [0.2, 0.25) is 0 Å². The van der Waals surface area contributed by atoms with Crippen LogP contribution in [0.1, 0.15) is 10.4 Å². The van der Waals surface area contributed by atoms with E-state index in [0.29, 0.717) is 6.42 Å². The van der Waals surface area contributed by atoms with E-state index in [2.05, 4.69) is 51.5 Å². The second kappa shape index (κ2) is 9.81. The van der Waals surface area contributed by atoms with Crippen LogP contribution in [0.4, 0.5) is 11.5 Å². The fourth-order valence-electron chi connectivity index (χ4n) is 4.10. The lowest BCUT2D eigenvalue weighted by Gasteiger charge is -2.35. The number of benzene rings is 2. The van der Waals surface area contributed by atoms with Gasteiger partial charge in [0.25, 0.3) is 0 Å². The molecule has 0 bridgehead atoms. The normalized spacial score (nSPS) is 14.7. The van der Waals surface area contributed by atoms with Crippen LogP contribution >= 0.6 is 22.9 Å². The molecule has 1 N–H and O–H groups in total. The van der Waals surface area contributed by atoms with Crippen LogP contribution in [0.3, 0.4) is 0 Å². The summed E-state index contributed by atoms with van der Waals surface area (Å²) in [6.07, 6.45) is 1.45. The Kier molecular flexibility index (Phi) is 6.48. The van der Waals surface area contributed by atoms with Gasteiger partial charge in [-0.05, 0) is 59.2 Å². The van der Waals surface area contributed by atoms with E-state index >= 15 is 0 Å². The largest absolute Gasteiger partial charge is 0.353 e. The number of carbonyl (C=O) groups is 1. The van der Waals surface area contributed by atoms with Crippen molar-refractivity contribution in [2.75, 3.05) is 42.9 Å². The summed E-state index contributed by atoms with van der Waals surface area (Å²) in [6, 6.07) is 20.7. The number of anilines is 2. The number of rotatable bonds is 7. The summed E-state index contributed by atoms with van der Waals surface area (Å²) in [6.45, 7) is 5.20. The molecular weight excluding hydrogens is 436 g/mol. The minimum absolute atomic E-state index is 0.0333. The number of fused-ring (bicyclic) bond motifs is 1. The Hall–Kier alpha value is -2.74. The van der Waals surface area contributed by atoms with E-state index in [1.165, 1.54) is 15.6 Å². The van der Waals surface area contributed by atoms with Gasteiger partial charge in [0.15, 0.2) is 0 Å². The number of piperazine rings is 1. The molecule has 1 amide bonds. The van der Waals surface area contributed by atoms with Crippen LogP contribution in [0.5, 0.6) is 0 Å². The second-order valence-corrected chi connectivity index (χ2v) is 9.92. The van der Waals surface area contributed by atoms with Gasteiger partial charge in [-0.1, -0.05) is 30.3 Å². The van der Waals surface area contributed by atoms with Crippen molar-refractivity contribution in [2.45, 2.75) is 12.8 Å². The first-order valence-electron chi connectivity index (χ1n) is 11.0. The van der Waals surface area contributed by atoms with Crippen molar-refractivity contribution in [3.8, 4) is 0 Å². The third-order valence-electron chi connectivity index (χ3n) is 5.90. The SMILES string of the molecule is O=C(Cc1cccs1)Nc1ccc(CCN2CCN(c3nsc4ccccc34)CC2)cc1. The first-order chi connectivity index (χ1) is 15.7. The van der Waals surface area contributed by atoms with E-state index in [1.807, 2.05) is 29.6 Å². The third kappa shape index (κ3) is 5.01. The number of nitrogens with zero attached hydrogens (tertiary/aromatic N) is 3. The Bertz CT molecular complexity index is 1160. The highest BCUT2D eigenvalue weighted by Crippen LogP contribution is 2.29. The van der Waals surface area contributed by atoms with Gasteiger partial charge in [0.1, 0.15) is 5.82 Å². The average molecular weight is 463 g/mol. The highest BCUT2D eigenvalue weighted by Gasteiger charge is 2.20. The topological polar surface area (TPSA) is 48.5 Å². The Morgan fingerprint density at radius 3 is 2.56 bits per heavy atom. The molecule has 4 aromatic rings. The third-order valence-corrected chi connectivity index (χ3v) is 7.59. The molecule has 2 aromatic carbocycles. The van der Waals surface area contributed by atoms with Crippen LogP contribution in [0, 0.1) is 0 Å². The standard InChI is InChI=1S/C25H26N4OS2/c30-24(18-21-4-3-17-31-21)26-20-9-7-19(8-10-20)11-12-28-13-15-29(16-14-28)25-22-5-1-2-6-23(22)32-27-25/h1-10,17H,11-16,18H2,(H,26,30). The summed E-state index contributed by atoms with van der Waals surface area (Å²) >= 11 is 3.20. The molecular formula is C25H26N4OS2. The Labute approximate surface area is 196 Å². The molecule has 0 saturated carbocycles. The molecule has 0 radical (unpaired) electrons. The van der Waals surface area contributed by atoms with Crippen molar-refractivity contribution in [1.29, 1.82) is 0 Å². The quantitative estimate of drug-likeness (QED) is 0.424. The minimum Gasteiger partial charge on any atom is -0.353 e. The van der Waals surface area contributed by atoms with Gasteiger partial charge in [0.2, 0.25) is 5.91 Å². The lowest BCUT2D eigenvalue weighted by molar-refractivity contribution is -0.115. The highest BCUT2D eigenvalue weighted by molar-refractivity contribution is 7.13. The molecule has 1 fully saturated rings. The number of hydrogen-bond donors (Lipinski definition) is 1. The lowest BCUT2D eigenvalue weighted by Crippen LogP contribution is -2.47. The molecule has 2 aromatic heterocycles. The van der Waals surface area contributed by atoms with Gasteiger partial charge in [-0.15, -0.1) is 11.3 Å². The van der Waals surface area contributed by atoms with E-state index < -0.39 is 0 Å². The first-order valence-corrected chi connectivity index (χ1v) is 12.6. The molecule has 3 heterocycles. The molecule has 5 nitrogen and oxygen atoms in total. The zero-order chi connectivity index (χ0) is 21.8. The van der Waals surface area contributed by atoms with Gasteiger partial charge in [-0.25, -0.2) is 0 Å². The zero-order valence-electron chi connectivity index (χ0n) is 17.9. The van der Waals surface area contributed by atoms with Crippen molar-refractivity contribution in [3.63, 3.8) is 0 Å². The summed E-state index contributed by atoms with van der Waals surface area (Å²) in [5.41, 5.74) is 2.16. The molecule has 0 unspecified atom stereocenters. The van der Waals surface area contributed by atoms with Crippen molar-refractivity contribution < 1.29 is 4.79 Å². The predicted octanol–water partition coefficient (Wildman–Crippen LogP) is 4.90. The van der Waals surface area contributed by atoms with E-state index in [4.69, 9.17) is 4.37 Å². The van der Waals surface area contributed by atoms with Crippen molar-refractivity contribution in [1.82, 2.24) is 9.27 Å². The molecule has 1 aliphatic heterocycles. The van der Waals surface area contributed by atoms with Crippen LogP contribution in [0.15, 0.2) is 66.0 Å². The number of thiophene rings is 1. The van der Waals surface area contributed by atoms with E-state index in [-0.39, 0.29) is 5.91 Å². The van der Waals surface area contributed by atoms with Gasteiger partial charge in [0, 0.05) is 48.7 Å². The maximum Gasteiger partial charge on any atom is 0.229 e. The summed E-state index contributed by atoms with van der Waals surface area (Å²) in [5, 5.41) is 6.26. The van der Waals surface area contributed by atoms with Gasteiger partial charge >= 0.3 is 0 Å². The van der Waals surface area contributed by atoms with Crippen LogP contribution in [0.25, 0.3) is 10.1 Å². The van der Waals surface area contributed by atoms with E-state index in [1.54, 1.807) is 22.9 Å². The molecule has 0 aliphatic carbocycles. The van der Waals surface area contributed by atoms with E-state index in [9.17, 15) is 4.79 Å². The molecule has 164 valence electrons. The van der Waals surface area contributed by atoms with Crippen LogP contribution in [-0.2, 0) is 17.6 Å². The number of carbonyl (C=O) groups excluding carboxylic acids is 1. The van der Waals surface area contributed by atoms with Crippen molar-refractivity contribution >= 4 is 50.4 Å². The van der Waals surface area contributed by atoms with Gasteiger partial charge in [-0.2, -0.15) is 4.37 Å². The Balaban J connectivity index is 1.08. The smallest absolute Gasteiger partial charge is 0.229 e. The maximum absolute atomic E-state index is 12.2. The predicted molar refractivity (Wildman–Crippen MR) is 135 cm³/mol. The second-order valence-electron chi connectivity index (χ2n) is 8.08. The zero-order valence-corrected chi connectivity index (χ0v) is 19.5. The van der Waals surface area contributed by atoms with Gasteiger partial charge in [0.05, 0.1) is 11.1 Å². The minimum atomic E-state index is 0.0333. The summed E-state index contributed by atoms with van der Waals surface area (Å²) in [4.78, 5) is 18.2. The van der Waals surface area contributed by atoms with Crippen LogP contribution in [-0.4, -0.2) is 47.9 Å². The van der Waals surface area contributed by atoms with Crippen LogP contribution < -0.4 is 10.2 Å². The summed E-state index contributed by atoms with van der Waals surface area (Å²) in [5.74, 6) is 1.17. The average Bonchev–Trinajstić information content (AvgIpc) is 3.49.